The van der Waals surface area contributed by atoms with E-state index in [1.54, 1.807) is 11.4 Å². The molecular formula is C20H23N3O3S. The van der Waals surface area contributed by atoms with Crippen LogP contribution in [0.1, 0.15) is 25.8 Å². The van der Waals surface area contributed by atoms with Crippen LogP contribution < -0.4 is 16.6 Å². The lowest BCUT2D eigenvalue weighted by Crippen LogP contribution is -2.41. The molecule has 2 aromatic heterocycles. The minimum absolute atomic E-state index is 0.137. The number of hydrogen-bond acceptors (Lipinski definition) is 4. The summed E-state index contributed by atoms with van der Waals surface area (Å²) in [6, 6.07) is 9.17. The zero-order valence-corrected chi connectivity index (χ0v) is 16.5. The SMILES string of the molecule is Cc1ccc(NC(=O)Cn2c(=O)n(CCC(C)C)c(=O)c3sccc32)cc1. The van der Waals surface area contributed by atoms with Crippen molar-refractivity contribution in [3.63, 3.8) is 0 Å². The fourth-order valence-corrected chi connectivity index (χ4v) is 3.69. The van der Waals surface area contributed by atoms with Crippen molar-refractivity contribution in [2.45, 2.75) is 40.3 Å². The van der Waals surface area contributed by atoms with Crippen LogP contribution in [0.15, 0.2) is 45.3 Å². The van der Waals surface area contributed by atoms with E-state index in [-0.39, 0.29) is 18.0 Å². The van der Waals surface area contributed by atoms with Gasteiger partial charge in [0.05, 0.1) is 5.52 Å². The van der Waals surface area contributed by atoms with E-state index in [1.165, 1.54) is 20.5 Å². The van der Waals surface area contributed by atoms with Crippen LogP contribution in [0, 0.1) is 12.8 Å². The third-order valence-corrected chi connectivity index (χ3v) is 5.30. The molecule has 0 saturated heterocycles. The van der Waals surface area contributed by atoms with E-state index in [0.717, 1.165) is 12.0 Å². The maximum Gasteiger partial charge on any atom is 0.332 e. The van der Waals surface area contributed by atoms with E-state index in [2.05, 4.69) is 5.32 Å². The molecule has 0 atom stereocenters. The molecule has 0 unspecified atom stereocenters. The maximum absolute atomic E-state index is 12.9. The molecule has 0 radical (unpaired) electrons. The van der Waals surface area contributed by atoms with Gasteiger partial charge in [-0.1, -0.05) is 31.5 Å². The molecule has 27 heavy (non-hydrogen) atoms. The normalized spacial score (nSPS) is 11.3. The molecule has 3 aromatic rings. The Balaban J connectivity index is 1.94. The van der Waals surface area contributed by atoms with Gasteiger partial charge in [-0.15, -0.1) is 11.3 Å². The molecule has 0 bridgehead atoms. The molecule has 0 aliphatic carbocycles. The van der Waals surface area contributed by atoms with Crippen molar-refractivity contribution in [2.24, 2.45) is 5.92 Å². The van der Waals surface area contributed by atoms with Gasteiger partial charge in [0.15, 0.2) is 0 Å². The number of carbonyl (C=O) groups excluding carboxylic acids is 1. The first-order chi connectivity index (χ1) is 12.9. The number of hydrogen-bond donors (Lipinski definition) is 1. The molecule has 3 rings (SSSR count). The predicted octanol–water partition coefficient (Wildman–Crippen LogP) is 3.22. The predicted molar refractivity (Wildman–Crippen MR) is 110 cm³/mol. The quantitative estimate of drug-likeness (QED) is 0.708. The van der Waals surface area contributed by atoms with Gasteiger partial charge in [-0.25, -0.2) is 4.79 Å². The Morgan fingerprint density at radius 2 is 1.81 bits per heavy atom. The minimum atomic E-state index is -0.439. The van der Waals surface area contributed by atoms with Gasteiger partial charge in [0.1, 0.15) is 11.2 Å². The summed E-state index contributed by atoms with van der Waals surface area (Å²) in [4.78, 5) is 38.0. The van der Waals surface area contributed by atoms with Crippen molar-refractivity contribution in [2.75, 3.05) is 5.32 Å². The van der Waals surface area contributed by atoms with Gasteiger partial charge in [-0.2, -0.15) is 0 Å². The monoisotopic (exact) mass is 385 g/mol. The van der Waals surface area contributed by atoms with Gasteiger partial charge < -0.3 is 5.32 Å². The second-order valence-electron chi connectivity index (χ2n) is 7.06. The highest BCUT2D eigenvalue weighted by Gasteiger charge is 2.16. The Bertz CT molecular complexity index is 1070. The number of nitrogens with zero attached hydrogens (tertiary/aromatic N) is 2. The molecule has 0 fully saturated rings. The molecule has 7 heteroatoms. The number of rotatable bonds is 6. The summed E-state index contributed by atoms with van der Waals surface area (Å²) >= 11 is 1.29. The number of thiophene rings is 1. The average Bonchev–Trinajstić information content (AvgIpc) is 3.10. The van der Waals surface area contributed by atoms with Crippen molar-refractivity contribution in [1.82, 2.24) is 9.13 Å². The Hall–Kier alpha value is -2.67. The summed E-state index contributed by atoms with van der Waals surface area (Å²) in [5.41, 5.74) is 1.57. The smallest absolute Gasteiger partial charge is 0.325 e. The second-order valence-corrected chi connectivity index (χ2v) is 7.97. The summed E-state index contributed by atoms with van der Waals surface area (Å²) in [6.07, 6.45) is 0.724. The minimum Gasteiger partial charge on any atom is -0.325 e. The lowest BCUT2D eigenvalue weighted by Gasteiger charge is -2.13. The molecule has 1 aromatic carbocycles. The lowest BCUT2D eigenvalue weighted by molar-refractivity contribution is -0.116. The van der Waals surface area contributed by atoms with Crippen molar-refractivity contribution >= 4 is 33.1 Å². The number of nitrogens with one attached hydrogen (secondary N) is 1. The van der Waals surface area contributed by atoms with Crippen LogP contribution in [0.5, 0.6) is 0 Å². The molecule has 6 nitrogen and oxygen atoms in total. The van der Waals surface area contributed by atoms with Crippen molar-refractivity contribution < 1.29 is 4.79 Å². The van der Waals surface area contributed by atoms with Crippen LogP contribution in [-0.4, -0.2) is 15.0 Å². The molecule has 1 N–H and O–H groups in total. The second kappa shape index (κ2) is 7.92. The molecule has 0 aliphatic heterocycles. The molecule has 142 valence electrons. The summed E-state index contributed by atoms with van der Waals surface area (Å²) in [5, 5.41) is 4.57. The first-order valence-corrected chi connectivity index (χ1v) is 9.82. The van der Waals surface area contributed by atoms with Gasteiger partial charge in [0, 0.05) is 12.2 Å². The summed E-state index contributed by atoms with van der Waals surface area (Å²) in [7, 11) is 0. The van der Waals surface area contributed by atoms with E-state index < -0.39 is 5.69 Å². The number of carbonyl (C=O) groups is 1. The van der Waals surface area contributed by atoms with E-state index in [1.807, 2.05) is 45.0 Å². The average molecular weight is 385 g/mol. The zero-order valence-electron chi connectivity index (χ0n) is 15.7. The van der Waals surface area contributed by atoms with Crippen molar-refractivity contribution in [3.05, 3.63) is 62.1 Å². The van der Waals surface area contributed by atoms with Crippen LogP contribution in [-0.2, 0) is 17.9 Å². The number of amides is 1. The Morgan fingerprint density at radius 3 is 2.48 bits per heavy atom. The lowest BCUT2D eigenvalue weighted by atomic mass is 10.1. The Morgan fingerprint density at radius 1 is 1.11 bits per heavy atom. The third-order valence-electron chi connectivity index (χ3n) is 4.40. The van der Waals surface area contributed by atoms with E-state index >= 15 is 0 Å². The molecule has 1 amide bonds. The van der Waals surface area contributed by atoms with Gasteiger partial charge in [-0.05, 0) is 42.8 Å². The van der Waals surface area contributed by atoms with Crippen LogP contribution in [0.25, 0.3) is 10.2 Å². The number of aromatic nitrogens is 2. The molecule has 0 spiro atoms. The van der Waals surface area contributed by atoms with Crippen LogP contribution in [0.3, 0.4) is 0 Å². The van der Waals surface area contributed by atoms with Crippen LogP contribution >= 0.6 is 11.3 Å². The van der Waals surface area contributed by atoms with Gasteiger partial charge in [0.2, 0.25) is 5.91 Å². The summed E-state index contributed by atoms with van der Waals surface area (Å²) in [6.45, 7) is 6.27. The van der Waals surface area contributed by atoms with Gasteiger partial charge in [-0.3, -0.25) is 18.7 Å². The van der Waals surface area contributed by atoms with Crippen LogP contribution in [0.4, 0.5) is 5.69 Å². The first-order valence-electron chi connectivity index (χ1n) is 8.94. The van der Waals surface area contributed by atoms with E-state index in [4.69, 9.17) is 0 Å². The van der Waals surface area contributed by atoms with Gasteiger partial charge >= 0.3 is 5.69 Å². The van der Waals surface area contributed by atoms with E-state index in [0.29, 0.717) is 28.4 Å². The Kier molecular flexibility index (Phi) is 5.60. The highest BCUT2D eigenvalue weighted by Crippen LogP contribution is 2.16. The number of benzene rings is 1. The summed E-state index contributed by atoms with van der Waals surface area (Å²) in [5.74, 6) is 0.0659. The summed E-state index contributed by atoms with van der Waals surface area (Å²) < 4.78 is 3.14. The molecule has 0 saturated carbocycles. The van der Waals surface area contributed by atoms with Gasteiger partial charge in [0.25, 0.3) is 5.56 Å². The number of fused-ring (bicyclic) bond motifs is 1. The van der Waals surface area contributed by atoms with E-state index in [9.17, 15) is 14.4 Å². The van der Waals surface area contributed by atoms with Crippen LogP contribution in [0.2, 0.25) is 0 Å². The largest absolute Gasteiger partial charge is 0.332 e. The topological polar surface area (TPSA) is 73.1 Å². The fraction of sp³-hybridized carbons (Fsp3) is 0.350. The standard InChI is InChI=1S/C20H23N3O3S/c1-13(2)8-10-22-19(25)18-16(9-11-27-18)23(20(22)26)12-17(24)21-15-6-4-14(3)5-7-15/h4-7,9,11,13H,8,10,12H2,1-3H3,(H,21,24). The third kappa shape index (κ3) is 4.19. The van der Waals surface area contributed by atoms with Crippen molar-refractivity contribution in [3.8, 4) is 0 Å². The molecule has 0 aliphatic rings. The number of anilines is 1. The molecule has 2 heterocycles. The maximum atomic E-state index is 12.9. The Labute approximate surface area is 161 Å². The fourth-order valence-electron chi connectivity index (χ4n) is 2.85. The zero-order chi connectivity index (χ0) is 19.6. The highest BCUT2D eigenvalue weighted by atomic mass is 32.1. The molecular weight excluding hydrogens is 362 g/mol. The highest BCUT2D eigenvalue weighted by molar-refractivity contribution is 7.17. The first kappa shape index (κ1) is 19.1. The number of aryl methyl sites for hydroxylation is 1. The van der Waals surface area contributed by atoms with Crippen molar-refractivity contribution in [1.29, 1.82) is 0 Å².